The fourth-order valence-electron chi connectivity index (χ4n) is 2.18. The second-order valence-corrected chi connectivity index (χ2v) is 5.77. The average Bonchev–Trinajstić information content (AvgIpc) is 2.89. The van der Waals surface area contributed by atoms with Crippen molar-refractivity contribution in [3.8, 4) is 0 Å². The minimum atomic E-state index is -0.461. The van der Waals surface area contributed by atoms with Crippen molar-refractivity contribution in [2.24, 2.45) is 4.99 Å². The molecule has 4 nitrogen and oxygen atoms in total. The Morgan fingerprint density at radius 1 is 1.13 bits per heavy atom. The number of carbonyl (C=O) groups is 1. The van der Waals surface area contributed by atoms with E-state index in [4.69, 9.17) is 16.3 Å². The Kier molecular flexibility index (Phi) is 4.17. The lowest BCUT2D eigenvalue weighted by Gasteiger charge is -2.11. The van der Waals surface area contributed by atoms with Crippen LogP contribution in [-0.2, 0) is 9.53 Å². The Hall–Kier alpha value is -2.59. The molecule has 0 bridgehead atoms. The van der Waals surface area contributed by atoms with E-state index in [0.29, 0.717) is 10.6 Å². The highest BCUT2D eigenvalue weighted by Gasteiger charge is 2.24. The number of hydrogen-bond acceptors (Lipinski definition) is 4. The lowest BCUT2D eigenvalue weighted by molar-refractivity contribution is -0.129. The maximum absolute atomic E-state index is 12.0. The van der Waals surface area contributed by atoms with Crippen LogP contribution in [-0.4, -0.2) is 26.0 Å². The van der Waals surface area contributed by atoms with Crippen LogP contribution in [0.25, 0.3) is 6.08 Å². The first-order chi connectivity index (χ1) is 11.0. The molecule has 5 heteroatoms. The summed E-state index contributed by atoms with van der Waals surface area (Å²) in [7, 11) is 3.95. The van der Waals surface area contributed by atoms with Gasteiger partial charge >= 0.3 is 5.97 Å². The molecule has 3 rings (SSSR count). The van der Waals surface area contributed by atoms with Crippen LogP contribution in [0.3, 0.4) is 0 Å². The molecular formula is C18H15ClN2O2. The number of carbonyl (C=O) groups excluding carboxylic acids is 1. The zero-order valence-electron chi connectivity index (χ0n) is 12.8. The number of rotatable bonds is 3. The lowest BCUT2D eigenvalue weighted by atomic mass is 10.1. The highest BCUT2D eigenvalue weighted by atomic mass is 35.5. The van der Waals surface area contributed by atoms with Gasteiger partial charge < -0.3 is 9.64 Å². The summed E-state index contributed by atoms with van der Waals surface area (Å²) in [5.74, 6) is -0.190. The molecule has 116 valence electrons. The van der Waals surface area contributed by atoms with Gasteiger partial charge in [-0.25, -0.2) is 9.79 Å². The Labute approximate surface area is 139 Å². The summed E-state index contributed by atoms with van der Waals surface area (Å²) in [6, 6.07) is 14.9. The van der Waals surface area contributed by atoms with E-state index in [9.17, 15) is 4.79 Å². The molecule has 2 aromatic rings. The van der Waals surface area contributed by atoms with Crippen molar-refractivity contribution in [1.82, 2.24) is 0 Å². The van der Waals surface area contributed by atoms with E-state index in [1.165, 1.54) is 0 Å². The predicted octanol–water partition coefficient (Wildman–Crippen LogP) is 3.75. The highest BCUT2D eigenvalue weighted by Crippen LogP contribution is 2.21. The van der Waals surface area contributed by atoms with E-state index in [0.717, 1.165) is 11.3 Å². The molecule has 0 spiro atoms. The van der Waals surface area contributed by atoms with Gasteiger partial charge in [0.05, 0.1) is 0 Å². The summed E-state index contributed by atoms with van der Waals surface area (Å²) in [5, 5.41) is 0.568. The van der Waals surface area contributed by atoms with Crippen molar-refractivity contribution in [2.75, 3.05) is 19.0 Å². The first-order valence-corrected chi connectivity index (χ1v) is 7.46. The number of anilines is 1. The van der Waals surface area contributed by atoms with E-state index >= 15 is 0 Å². The van der Waals surface area contributed by atoms with E-state index in [1.54, 1.807) is 30.3 Å². The molecule has 0 radical (unpaired) electrons. The predicted molar refractivity (Wildman–Crippen MR) is 92.8 cm³/mol. The molecule has 1 aliphatic heterocycles. The van der Waals surface area contributed by atoms with Crippen LogP contribution in [0.2, 0.25) is 5.02 Å². The molecule has 0 unspecified atom stereocenters. The minimum absolute atomic E-state index is 0.272. The van der Waals surface area contributed by atoms with Gasteiger partial charge in [-0.2, -0.15) is 0 Å². The van der Waals surface area contributed by atoms with Gasteiger partial charge in [0.25, 0.3) is 0 Å². The lowest BCUT2D eigenvalue weighted by Crippen LogP contribution is -2.08. The van der Waals surface area contributed by atoms with E-state index < -0.39 is 5.97 Å². The molecule has 0 saturated heterocycles. The van der Waals surface area contributed by atoms with Gasteiger partial charge in [0, 0.05) is 30.4 Å². The second-order valence-electron chi connectivity index (χ2n) is 5.33. The molecule has 0 aromatic heterocycles. The summed E-state index contributed by atoms with van der Waals surface area (Å²) in [6.07, 6.45) is 1.71. The fraction of sp³-hybridized carbons (Fsp3) is 0.111. The summed E-state index contributed by atoms with van der Waals surface area (Å²) in [4.78, 5) is 18.3. The molecule has 1 heterocycles. The molecule has 0 atom stereocenters. The van der Waals surface area contributed by atoms with E-state index in [2.05, 4.69) is 4.99 Å². The third-order valence-corrected chi connectivity index (χ3v) is 3.64. The smallest absolute Gasteiger partial charge is 0.363 e. The summed E-state index contributed by atoms with van der Waals surface area (Å²) in [6.45, 7) is 0. The maximum atomic E-state index is 12.0. The van der Waals surface area contributed by atoms with Crippen molar-refractivity contribution in [3.05, 3.63) is 70.4 Å². The molecule has 0 aliphatic carbocycles. The molecule has 0 saturated carbocycles. The topological polar surface area (TPSA) is 41.9 Å². The van der Waals surface area contributed by atoms with Gasteiger partial charge in [-0.3, -0.25) is 0 Å². The van der Waals surface area contributed by atoms with Crippen LogP contribution in [0.4, 0.5) is 5.69 Å². The van der Waals surface area contributed by atoms with Crippen LogP contribution in [0.1, 0.15) is 11.1 Å². The molecule has 2 aromatic carbocycles. The van der Waals surface area contributed by atoms with Gasteiger partial charge in [-0.15, -0.1) is 0 Å². The Morgan fingerprint density at radius 3 is 2.52 bits per heavy atom. The van der Waals surface area contributed by atoms with Crippen LogP contribution in [0.15, 0.2) is 59.2 Å². The average molecular weight is 327 g/mol. The van der Waals surface area contributed by atoms with Crippen LogP contribution in [0, 0.1) is 0 Å². The first-order valence-electron chi connectivity index (χ1n) is 7.09. The van der Waals surface area contributed by atoms with Gasteiger partial charge in [0.15, 0.2) is 5.70 Å². The second kappa shape index (κ2) is 6.26. The van der Waals surface area contributed by atoms with Crippen molar-refractivity contribution in [1.29, 1.82) is 0 Å². The van der Waals surface area contributed by atoms with E-state index in [1.807, 2.05) is 43.3 Å². The quantitative estimate of drug-likeness (QED) is 0.637. The van der Waals surface area contributed by atoms with Crippen LogP contribution >= 0.6 is 11.6 Å². The van der Waals surface area contributed by atoms with Gasteiger partial charge in [0.1, 0.15) is 0 Å². The van der Waals surface area contributed by atoms with Crippen molar-refractivity contribution in [2.45, 2.75) is 0 Å². The Morgan fingerprint density at radius 2 is 1.87 bits per heavy atom. The van der Waals surface area contributed by atoms with Gasteiger partial charge in [-0.05, 0) is 42.0 Å². The van der Waals surface area contributed by atoms with Crippen LogP contribution < -0.4 is 4.90 Å². The van der Waals surface area contributed by atoms with Gasteiger partial charge in [0.2, 0.25) is 5.90 Å². The monoisotopic (exact) mass is 326 g/mol. The first kappa shape index (κ1) is 15.3. The summed E-state index contributed by atoms with van der Waals surface area (Å²) in [5.41, 5.74) is 2.93. The molecule has 0 fully saturated rings. The maximum Gasteiger partial charge on any atom is 0.363 e. The summed E-state index contributed by atoms with van der Waals surface area (Å²) < 4.78 is 5.23. The SMILES string of the molecule is CN(C)c1ccc(/C=C2/N=C(c3cccc(Cl)c3)OC2=O)cc1. The zero-order chi connectivity index (χ0) is 16.4. The summed E-state index contributed by atoms with van der Waals surface area (Å²) >= 11 is 5.95. The number of ether oxygens (including phenoxy) is 1. The Bertz CT molecular complexity index is 808. The van der Waals surface area contributed by atoms with Gasteiger partial charge in [-0.1, -0.05) is 29.8 Å². The molecule has 23 heavy (non-hydrogen) atoms. The number of nitrogens with zero attached hydrogens (tertiary/aromatic N) is 2. The third kappa shape index (κ3) is 3.43. The molecule has 0 amide bonds. The Balaban J connectivity index is 1.88. The number of halogens is 1. The largest absolute Gasteiger partial charge is 0.402 e. The van der Waals surface area contributed by atoms with Crippen molar-refractivity contribution >= 4 is 35.2 Å². The normalized spacial score (nSPS) is 15.5. The highest BCUT2D eigenvalue weighted by molar-refractivity contribution is 6.31. The number of aliphatic imine (C=N–C) groups is 1. The minimum Gasteiger partial charge on any atom is -0.402 e. The number of hydrogen-bond donors (Lipinski definition) is 0. The number of cyclic esters (lactones) is 1. The third-order valence-electron chi connectivity index (χ3n) is 3.40. The molecule has 0 N–H and O–H groups in total. The van der Waals surface area contributed by atoms with E-state index in [-0.39, 0.29) is 11.6 Å². The van der Waals surface area contributed by atoms with Crippen molar-refractivity contribution < 1.29 is 9.53 Å². The molecular weight excluding hydrogens is 312 g/mol. The standard InChI is InChI=1S/C18H15ClN2O2/c1-21(2)15-8-6-12(7-9-15)10-16-18(22)23-17(20-16)13-4-3-5-14(19)11-13/h3-11H,1-2H3/b16-10+. The number of esters is 1. The fourth-order valence-corrected chi connectivity index (χ4v) is 2.37. The van der Waals surface area contributed by atoms with Crippen LogP contribution in [0.5, 0.6) is 0 Å². The molecule has 1 aliphatic rings. The van der Waals surface area contributed by atoms with Crippen molar-refractivity contribution in [3.63, 3.8) is 0 Å². The number of benzene rings is 2. The zero-order valence-corrected chi connectivity index (χ0v) is 13.5.